The minimum absolute atomic E-state index is 0.0254. The van der Waals surface area contributed by atoms with Crippen LogP contribution >= 0.6 is 0 Å². The number of nitrogens with zero attached hydrogens (tertiary/aromatic N) is 1. The fourth-order valence-electron chi connectivity index (χ4n) is 2.62. The normalized spacial score (nSPS) is 12.8. The van der Waals surface area contributed by atoms with E-state index in [-0.39, 0.29) is 10.5 Å². The van der Waals surface area contributed by atoms with Crippen molar-refractivity contribution in [2.45, 2.75) is 57.9 Å². The van der Waals surface area contributed by atoms with Crippen LogP contribution in [0.5, 0.6) is 0 Å². The van der Waals surface area contributed by atoms with Crippen LogP contribution < -0.4 is 5.32 Å². The van der Waals surface area contributed by atoms with E-state index in [1.807, 2.05) is 6.92 Å². The lowest BCUT2D eigenvalue weighted by Gasteiger charge is -2.20. The Morgan fingerprint density at radius 2 is 1.81 bits per heavy atom. The molecule has 0 heterocycles. The van der Waals surface area contributed by atoms with Gasteiger partial charge in [0, 0.05) is 18.7 Å². The van der Waals surface area contributed by atoms with Crippen LogP contribution in [-0.2, 0) is 14.8 Å². The lowest BCUT2D eigenvalue weighted by atomic mass is 10.1. The van der Waals surface area contributed by atoms with Gasteiger partial charge in [0.25, 0.3) is 5.91 Å². The highest BCUT2D eigenvalue weighted by atomic mass is 32.2. The number of hydrogen-bond acceptors (Lipinski definition) is 4. The summed E-state index contributed by atoms with van der Waals surface area (Å²) in [6, 6.07) is 3.35. The first-order valence-electron chi connectivity index (χ1n) is 8.83. The van der Waals surface area contributed by atoms with Crippen LogP contribution in [0.2, 0.25) is 0 Å². The fraction of sp³-hybridized carbons (Fsp3) is 0.556. The predicted octanol–water partition coefficient (Wildman–Crippen LogP) is 2.40. The van der Waals surface area contributed by atoms with E-state index in [4.69, 9.17) is 0 Å². The minimum Gasteiger partial charge on any atom is -0.480 e. The van der Waals surface area contributed by atoms with E-state index in [2.05, 4.69) is 5.32 Å². The molecule has 0 aromatic heterocycles. The number of benzene rings is 1. The summed E-state index contributed by atoms with van der Waals surface area (Å²) in [6.45, 7) is 7.76. The molecule has 1 unspecified atom stereocenters. The fourth-order valence-corrected chi connectivity index (χ4v) is 4.11. The van der Waals surface area contributed by atoms with Crippen molar-refractivity contribution in [2.24, 2.45) is 0 Å². The highest BCUT2D eigenvalue weighted by Gasteiger charge is 2.25. The topological polar surface area (TPSA) is 104 Å². The van der Waals surface area contributed by atoms with Crippen LogP contribution in [0.3, 0.4) is 0 Å². The maximum absolute atomic E-state index is 12.7. The van der Waals surface area contributed by atoms with Gasteiger partial charge in [0.15, 0.2) is 0 Å². The summed E-state index contributed by atoms with van der Waals surface area (Å²) in [7, 11) is -3.70. The van der Waals surface area contributed by atoms with E-state index in [0.29, 0.717) is 31.5 Å². The third-order valence-corrected chi connectivity index (χ3v) is 6.29. The first-order valence-corrected chi connectivity index (χ1v) is 10.3. The molecule has 0 spiro atoms. The van der Waals surface area contributed by atoms with Gasteiger partial charge in [0.1, 0.15) is 6.04 Å². The minimum atomic E-state index is -3.70. The van der Waals surface area contributed by atoms with Crippen molar-refractivity contribution in [2.75, 3.05) is 13.1 Å². The van der Waals surface area contributed by atoms with Crippen molar-refractivity contribution in [3.63, 3.8) is 0 Å². The van der Waals surface area contributed by atoms with E-state index in [9.17, 15) is 23.1 Å². The highest BCUT2D eigenvalue weighted by Crippen LogP contribution is 2.20. The molecule has 1 aromatic rings. The van der Waals surface area contributed by atoms with Gasteiger partial charge in [-0.15, -0.1) is 0 Å². The molecule has 1 rings (SSSR count). The van der Waals surface area contributed by atoms with Gasteiger partial charge >= 0.3 is 5.97 Å². The molecule has 0 radical (unpaired) electrons. The van der Waals surface area contributed by atoms with Gasteiger partial charge in [-0.25, -0.2) is 13.2 Å². The van der Waals surface area contributed by atoms with Crippen molar-refractivity contribution in [3.8, 4) is 0 Å². The van der Waals surface area contributed by atoms with Gasteiger partial charge in [-0.05, 0) is 31.0 Å². The molecular weight excluding hydrogens is 356 g/mol. The number of carboxylic acids is 1. The number of aliphatic carboxylic acids is 1. The largest absolute Gasteiger partial charge is 0.480 e. The highest BCUT2D eigenvalue weighted by molar-refractivity contribution is 7.89. The number of aryl methyl sites for hydroxylation is 1. The van der Waals surface area contributed by atoms with Crippen molar-refractivity contribution in [1.29, 1.82) is 0 Å². The van der Waals surface area contributed by atoms with E-state index in [1.165, 1.54) is 16.4 Å². The standard InChI is InChI=1S/C18H28N2O5S/c1-5-8-9-16(18(22)23)19-17(21)15-12-14(11-10-13(15)4)26(24,25)20(6-2)7-3/h10-12,16H,5-9H2,1-4H3,(H,19,21)(H,22,23). The number of sulfonamides is 1. The molecule has 8 heteroatoms. The smallest absolute Gasteiger partial charge is 0.326 e. The van der Waals surface area contributed by atoms with Gasteiger partial charge < -0.3 is 10.4 Å². The molecule has 0 aliphatic heterocycles. The zero-order valence-corrected chi connectivity index (χ0v) is 16.6. The van der Waals surface area contributed by atoms with E-state index >= 15 is 0 Å². The number of carboxylic acid groups (broad SMARTS) is 1. The second-order valence-electron chi connectivity index (χ2n) is 6.07. The molecule has 7 nitrogen and oxygen atoms in total. The molecule has 2 N–H and O–H groups in total. The van der Waals surface area contributed by atoms with Gasteiger partial charge in [-0.2, -0.15) is 4.31 Å². The van der Waals surface area contributed by atoms with Crippen molar-refractivity contribution in [1.82, 2.24) is 9.62 Å². The number of amides is 1. The Morgan fingerprint density at radius 3 is 2.31 bits per heavy atom. The number of hydrogen-bond donors (Lipinski definition) is 2. The number of unbranched alkanes of at least 4 members (excludes halogenated alkanes) is 1. The van der Waals surface area contributed by atoms with Crippen LogP contribution in [-0.4, -0.2) is 48.8 Å². The molecule has 0 fully saturated rings. The monoisotopic (exact) mass is 384 g/mol. The Hall–Kier alpha value is -1.93. The molecule has 1 atom stereocenters. The molecule has 0 saturated heterocycles. The molecule has 0 saturated carbocycles. The Kier molecular flexibility index (Phi) is 8.23. The molecule has 0 bridgehead atoms. The second kappa shape index (κ2) is 9.68. The van der Waals surface area contributed by atoms with Crippen molar-refractivity contribution >= 4 is 21.9 Å². The van der Waals surface area contributed by atoms with E-state index in [0.717, 1.165) is 6.42 Å². The summed E-state index contributed by atoms with van der Waals surface area (Å²) < 4.78 is 26.6. The van der Waals surface area contributed by atoms with Gasteiger partial charge in [-0.1, -0.05) is 39.7 Å². The molecule has 1 aromatic carbocycles. The van der Waals surface area contributed by atoms with E-state index in [1.54, 1.807) is 26.8 Å². The Labute approximate surface area is 155 Å². The van der Waals surface area contributed by atoms with Crippen LogP contribution in [0.4, 0.5) is 0 Å². The van der Waals surface area contributed by atoms with Crippen LogP contribution in [0.15, 0.2) is 23.1 Å². The summed E-state index contributed by atoms with van der Waals surface area (Å²) in [5.74, 6) is -1.68. The molecule has 26 heavy (non-hydrogen) atoms. The summed E-state index contributed by atoms with van der Waals surface area (Å²) in [4.78, 5) is 23.9. The van der Waals surface area contributed by atoms with Crippen LogP contribution in [0, 0.1) is 6.92 Å². The average molecular weight is 384 g/mol. The number of carbonyl (C=O) groups is 2. The lowest BCUT2D eigenvalue weighted by molar-refractivity contribution is -0.139. The van der Waals surface area contributed by atoms with Gasteiger partial charge in [0.05, 0.1) is 4.90 Å². The third-order valence-electron chi connectivity index (χ3n) is 4.25. The molecule has 0 aliphatic carbocycles. The SMILES string of the molecule is CCCCC(NC(=O)c1cc(S(=O)(=O)N(CC)CC)ccc1C)C(=O)O. The lowest BCUT2D eigenvalue weighted by Crippen LogP contribution is -2.41. The number of rotatable bonds is 10. The maximum Gasteiger partial charge on any atom is 0.326 e. The van der Waals surface area contributed by atoms with Crippen LogP contribution in [0.1, 0.15) is 56.0 Å². The first kappa shape index (κ1) is 22.1. The zero-order chi connectivity index (χ0) is 19.9. The maximum atomic E-state index is 12.7. The molecule has 0 aliphatic rings. The molecule has 1 amide bonds. The van der Waals surface area contributed by atoms with Gasteiger partial charge in [-0.3, -0.25) is 4.79 Å². The predicted molar refractivity (Wildman–Crippen MR) is 99.7 cm³/mol. The summed E-state index contributed by atoms with van der Waals surface area (Å²) >= 11 is 0. The van der Waals surface area contributed by atoms with E-state index < -0.39 is 27.9 Å². The van der Waals surface area contributed by atoms with Gasteiger partial charge in [0.2, 0.25) is 10.0 Å². The second-order valence-corrected chi connectivity index (χ2v) is 8.01. The number of nitrogens with one attached hydrogen (secondary N) is 1. The molecule has 146 valence electrons. The first-order chi connectivity index (χ1) is 12.2. The summed E-state index contributed by atoms with van der Waals surface area (Å²) in [6.07, 6.45) is 1.82. The Balaban J connectivity index is 3.17. The average Bonchev–Trinajstić information content (AvgIpc) is 2.59. The van der Waals surface area contributed by atoms with Crippen molar-refractivity contribution in [3.05, 3.63) is 29.3 Å². The molecular formula is C18H28N2O5S. The Bertz CT molecular complexity index is 742. The summed E-state index contributed by atoms with van der Waals surface area (Å²) in [5, 5.41) is 11.8. The zero-order valence-electron chi connectivity index (χ0n) is 15.8. The summed E-state index contributed by atoms with van der Waals surface area (Å²) in [5.41, 5.74) is 0.751. The number of carbonyl (C=O) groups excluding carboxylic acids is 1. The Morgan fingerprint density at radius 1 is 1.19 bits per heavy atom. The quantitative estimate of drug-likeness (QED) is 0.645. The van der Waals surface area contributed by atoms with Crippen molar-refractivity contribution < 1.29 is 23.1 Å². The third kappa shape index (κ3) is 5.28. The van der Waals surface area contributed by atoms with Crippen LogP contribution in [0.25, 0.3) is 0 Å².